The van der Waals surface area contributed by atoms with Crippen LogP contribution < -0.4 is 10.6 Å². The first-order valence-electron chi connectivity index (χ1n) is 11.5. The highest BCUT2D eigenvalue weighted by molar-refractivity contribution is 14.0. The maximum atomic E-state index is 12.8. The van der Waals surface area contributed by atoms with E-state index < -0.39 is 0 Å². The molecule has 9 nitrogen and oxygen atoms in total. The number of likely N-dealkylation sites (tertiary alicyclic amines) is 1. The summed E-state index contributed by atoms with van der Waals surface area (Å²) in [5, 5.41) is 15.0. The average Bonchev–Trinajstić information content (AvgIpc) is 3.56. The lowest BCUT2D eigenvalue weighted by molar-refractivity contribution is -0.140. The molecule has 5 rings (SSSR count). The van der Waals surface area contributed by atoms with Crippen molar-refractivity contribution in [2.75, 3.05) is 26.2 Å². The number of rotatable bonds is 8. The Balaban J connectivity index is 0.00000259. The molecule has 1 aliphatic heterocycles. The van der Waals surface area contributed by atoms with Crippen LogP contribution in [0.25, 0.3) is 5.65 Å². The van der Waals surface area contributed by atoms with Gasteiger partial charge in [-0.25, -0.2) is 0 Å². The molecular weight excluding hydrogens is 533 g/mol. The number of hydrogen-bond donors (Lipinski definition) is 2. The number of fused-ring (bicyclic) bond motifs is 6. The van der Waals surface area contributed by atoms with Gasteiger partial charge in [-0.2, -0.15) is 0 Å². The van der Waals surface area contributed by atoms with Crippen molar-refractivity contribution < 1.29 is 9.59 Å². The fourth-order valence-electron chi connectivity index (χ4n) is 5.30. The SMILES string of the molecule is CCNC(=NCCCN1C(=O)C2C3C=CC(C3)C2C1=O)NCCc1nnc2ccccn12.I. The van der Waals surface area contributed by atoms with Gasteiger partial charge in [-0.1, -0.05) is 18.2 Å². The van der Waals surface area contributed by atoms with Gasteiger partial charge in [0.15, 0.2) is 11.6 Å². The molecule has 2 aromatic rings. The molecule has 0 spiro atoms. The zero-order valence-corrected chi connectivity index (χ0v) is 21.0. The highest BCUT2D eigenvalue weighted by Gasteiger charge is 2.58. The molecule has 10 heteroatoms. The van der Waals surface area contributed by atoms with Crippen LogP contribution in [0, 0.1) is 23.7 Å². The van der Waals surface area contributed by atoms with E-state index in [1.807, 2.05) is 35.7 Å². The Morgan fingerprint density at radius 3 is 2.61 bits per heavy atom. The summed E-state index contributed by atoms with van der Waals surface area (Å²) in [7, 11) is 0. The number of pyridine rings is 1. The predicted molar refractivity (Wildman–Crippen MR) is 135 cm³/mol. The van der Waals surface area contributed by atoms with Crippen LogP contribution in [-0.2, 0) is 16.0 Å². The van der Waals surface area contributed by atoms with Gasteiger partial charge in [0, 0.05) is 38.8 Å². The molecular formula is C23H30IN7O2. The minimum atomic E-state index is -0.117. The summed E-state index contributed by atoms with van der Waals surface area (Å²) in [6, 6.07) is 5.84. The smallest absolute Gasteiger partial charge is 0.233 e. The molecule has 1 saturated carbocycles. The maximum Gasteiger partial charge on any atom is 0.233 e. The van der Waals surface area contributed by atoms with Gasteiger partial charge in [0.05, 0.1) is 11.8 Å². The molecule has 4 unspecified atom stereocenters. The molecule has 3 aliphatic rings. The Kier molecular flexibility index (Phi) is 7.30. The molecule has 2 aromatic heterocycles. The van der Waals surface area contributed by atoms with Gasteiger partial charge < -0.3 is 10.6 Å². The number of carbonyl (C=O) groups excluding carboxylic acids is 2. The van der Waals surface area contributed by atoms with E-state index in [1.54, 1.807) is 0 Å². The van der Waals surface area contributed by atoms with Crippen molar-refractivity contribution in [1.82, 2.24) is 30.1 Å². The Morgan fingerprint density at radius 1 is 1.12 bits per heavy atom. The van der Waals surface area contributed by atoms with Gasteiger partial charge in [0.25, 0.3) is 0 Å². The lowest BCUT2D eigenvalue weighted by Crippen LogP contribution is -2.39. The van der Waals surface area contributed by atoms with Crippen molar-refractivity contribution in [1.29, 1.82) is 0 Å². The van der Waals surface area contributed by atoms with Crippen molar-refractivity contribution in [2.24, 2.45) is 28.7 Å². The summed E-state index contributed by atoms with van der Waals surface area (Å²) in [5.41, 5.74) is 0.835. The number of nitrogens with one attached hydrogen (secondary N) is 2. The van der Waals surface area contributed by atoms with E-state index in [4.69, 9.17) is 0 Å². The summed E-state index contributed by atoms with van der Waals surface area (Å²) in [6.45, 7) is 4.43. The molecule has 2 amide bonds. The first kappa shape index (κ1) is 23.7. The number of imide groups is 1. The van der Waals surface area contributed by atoms with Crippen molar-refractivity contribution in [3.63, 3.8) is 0 Å². The fourth-order valence-corrected chi connectivity index (χ4v) is 5.30. The third kappa shape index (κ3) is 4.49. The van der Waals surface area contributed by atoms with Gasteiger partial charge in [0.2, 0.25) is 11.8 Å². The van der Waals surface area contributed by atoms with E-state index in [0.29, 0.717) is 32.5 Å². The molecule has 2 N–H and O–H groups in total. The summed E-state index contributed by atoms with van der Waals surface area (Å²) >= 11 is 0. The van der Waals surface area contributed by atoms with Crippen molar-refractivity contribution in [2.45, 2.75) is 26.2 Å². The molecule has 176 valence electrons. The van der Waals surface area contributed by atoms with E-state index in [-0.39, 0.29) is 59.5 Å². The average molecular weight is 563 g/mol. The first-order chi connectivity index (χ1) is 15.7. The van der Waals surface area contributed by atoms with Crippen LogP contribution in [0.5, 0.6) is 0 Å². The Labute approximate surface area is 210 Å². The van der Waals surface area contributed by atoms with E-state index >= 15 is 0 Å². The number of allylic oxidation sites excluding steroid dienone is 2. The van der Waals surface area contributed by atoms with E-state index in [2.05, 4.69) is 38.0 Å². The second-order valence-electron chi connectivity index (χ2n) is 8.66. The Morgan fingerprint density at radius 2 is 1.88 bits per heavy atom. The standard InChI is InChI=1S/C23H29N7O2.HI/c1-2-24-23(26-11-9-18-28-27-17-6-3-4-12-29(17)18)25-10-5-13-30-21(31)19-15-7-8-16(14-15)20(19)22(30)32;/h3-4,6-8,12,15-16,19-20H,2,5,9-11,13-14H2,1H3,(H2,24,25,26);1H. The van der Waals surface area contributed by atoms with Crippen LogP contribution >= 0.6 is 24.0 Å². The highest BCUT2D eigenvalue weighted by Crippen LogP contribution is 2.52. The molecule has 3 heterocycles. The van der Waals surface area contributed by atoms with Crippen LogP contribution in [0.2, 0.25) is 0 Å². The highest BCUT2D eigenvalue weighted by atomic mass is 127. The largest absolute Gasteiger partial charge is 0.357 e. The molecule has 4 atom stereocenters. The summed E-state index contributed by atoms with van der Waals surface area (Å²) in [6.07, 6.45) is 8.55. The number of carbonyl (C=O) groups is 2. The molecule has 2 fully saturated rings. The van der Waals surface area contributed by atoms with E-state index in [1.165, 1.54) is 4.90 Å². The van der Waals surface area contributed by atoms with Crippen LogP contribution in [0.15, 0.2) is 41.5 Å². The van der Waals surface area contributed by atoms with Crippen molar-refractivity contribution >= 4 is 47.4 Å². The second-order valence-corrected chi connectivity index (χ2v) is 8.66. The normalized spacial score (nSPS) is 25.6. The fraction of sp³-hybridized carbons (Fsp3) is 0.522. The van der Waals surface area contributed by atoms with Crippen molar-refractivity contribution in [3.05, 3.63) is 42.4 Å². The van der Waals surface area contributed by atoms with E-state index in [0.717, 1.165) is 30.4 Å². The zero-order chi connectivity index (χ0) is 22.1. The third-order valence-corrected chi connectivity index (χ3v) is 6.74. The lowest BCUT2D eigenvalue weighted by atomic mass is 9.85. The third-order valence-electron chi connectivity index (χ3n) is 6.74. The molecule has 2 aliphatic carbocycles. The monoisotopic (exact) mass is 563 g/mol. The summed E-state index contributed by atoms with van der Waals surface area (Å²) in [4.78, 5) is 31.6. The van der Waals surface area contributed by atoms with Crippen molar-refractivity contribution in [3.8, 4) is 0 Å². The number of hydrogen-bond acceptors (Lipinski definition) is 5. The van der Waals surface area contributed by atoms with E-state index in [9.17, 15) is 9.59 Å². The molecule has 1 saturated heterocycles. The molecule has 33 heavy (non-hydrogen) atoms. The van der Waals surface area contributed by atoms with Gasteiger partial charge >= 0.3 is 0 Å². The van der Waals surface area contributed by atoms with Gasteiger partial charge in [-0.15, -0.1) is 34.2 Å². The minimum Gasteiger partial charge on any atom is -0.357 e. The maximum absolute atomic E-state index is 12.8. The lowest BCUT2D eigenvalue weighted by Gasteiger charge is -2.17. The van der Waals surface area contributed by atoms with Gasteiger partial charge in [0.1, 0.15) is 5.82 Å². The number of aliphatic imine (C=N–C) groups is 1. The quantitative estimate of drug-likeness (QED) is 0.127. The summed E-state index contributed by atoms with van der Waals surface area (Å²) in [5.74, 6) is 1.94. The topological polar surface area (TPSA) is 104 Å². The Bertz CT molecular complexity index is 1050. The van der Waals surface area contributed by atoms with Crippen LogP contribution in [0.3, 0.4) is 0 Å². The van der Waals surface area contributed by atoms with Crippen LogP contribution in [-0.4, -0.2) is 63.5 Å². The molecule has 0 radical (unpaired) electrons. The minimum absolute atomic E-state index is 0. The van der Waals surface area contributed by atoms with Gasteiger partial charge in [-0.05, 0) is 43.7 Å². The number of aromatic nitrogens is 3. The number of guanidine groups is 1. The van der Waals surface area contributed by atoms with Gasteiger partial charge in [-0.3, -0.25) is 23.9 Å². The second kappa shape index (κ2) is 10.2. The Hall–Kier alpha value is -2.50. The number of amides is 2. The zero-order valence-electron chi connectivity index (χ0n) is 18.7. The predicted octanol–water partition coefficient (Wildman–Crippen LogP) is 1.64. The molecule has 0 aromatic carbocycles. The van der Waals surface area contributed by atoms with Crippen LogP contribution in [0.1, 0.15) is 25.6 Å². The summed E-state index contributed by atoms with van der Waals surface area (Å²) < 4.78 is 1.98. The number of nitrogens with zero attached hydrogens (tertiary/aromatic N) is 5. The first-order valence-corrected chi connectivity index (χ1v) is 11.5. The number of halogens is 1. The molecule has 2 bridgehead atoms. The van der Waals surface area contributed by atoms with Crippen LogP contribution in [0.4, 0.5) is 0 Å².